The molecule has 0 aliphatic rings. The molecule has 3 aromatic rings. The number of fused-ring (bicyclic) bond motifs is 1. The summed E-state index contributed by atoms with van der Waals surface area (Å²) in [6.45, 7) is 2.49. The van der Waals surface area contributed by atoms with Crippen LogP contribution in [0.2, 0.25) is 0 Å². The second-order valence-corrected chi connectivity index (χ2v) is 6.28. The largest absolute Gasteiger partial charge is 0.493 e. The Bertz CT molecular complexity index is 1000. The van der Waals surface area contributed by atoms with E-state index in [0.29, 0.717) is 18.1 Å². The van der Waals surface area contributed by atoms with Gasteiger partial charge in [0.15, 0.2) is 18.1 Å². The molecule has 3 aromatic carbocycles. The summed E-state index contributed by atoms with van der Waals surface area (Å²) >= 11 is 0. The van der Waals surface area contributed by atoms with Crippen LogP contribution in [0.5, 0.6) is 17.2 Å². The van der Waals surface area contributed by atoms with Gasteiger partial charge >= 0.3 is 0 Å². The fraction of sp³-hybridized carbons (Fsp3) is 0.217. The van der Waals surface area contributed by atoms with Crippen molar-refractivity contribution >= 4 is 22.9 Å². The summed E-state index contributed by atoms with van der Waals surface area (Å²) in [6, 6.07) is 19.0. The third-order valence-corrected chi connectivity index (χ3v) is 4.20. The van der Waals surface area contributed by atoms with Crippen molar-refractivity contribution in [2.75, 3.05) is 20.3 Å². The molecule has 6 heteroatoms. The topological polar surface area (TPSA) is 69.2 Å². The van der Waals surface area contributed by atoms with Gasteiger partial charge in [0.2, 0.25) is 0 Å². The SMILES string of the molecule is CCCOc1ccc2ccccc2c1/C=N/NC(=O)COc1ccccc1OC. The molecule has 0 saturated heterocycles. The fourth-order valence-electron chi connectivity index (χ4n) is 2.83. The molecular formula is C23H24N2O4. The van der Waals surface area contributed by atoms with E-state index in [-0.39, 0.29) is 12.5 Å². The zero-order chi connectivity index (χ0) is 20.5. The van der Waals surface area contributed by atoms with Crippen molar-refractivity contribution in [2.45, 2.75) is 13.3 Å². The average Bonchev–Trinajstić information content (AvgIpc) is 2.77. The summed E-state index contributed by atoms with van der Waals surface area (Å²) < 4.78 is 16.5. The van der Waals surface area contributed by atoms with Crippen LogP contribution in [-0.2, 0) is 4.79 Å². The summed E-state index contributed by atoms with van der Waals surface area (Å²) in [5, 5.41) is 6.18. The van der Waals surface area contributed by atoms with E-state index in [0.717, 1.165) is 28.5 Å². The molecule has 29 heavy (non-hydrogen) atoms. The predicted molar refractivity (Wildman–Crippen MR) is 114 cm³/mol. The fourth-order valence-corrected chi connectivity index (χ4v) is 2.83. The third kappa shape index (κ3) is 5.25. The molecule has 6 nitrogen and oxygen atoms in total. The summed E-state index contributed by atoms with van der Waals surface area (Å²) in [4.78, 5) is 12.1. The Kier molecular flexibility index (Phi) is 7.05. The van der Waals surface area contributed by atoms with E-state index >= 15 is 0 Å². The lowest BCUT2D eigenvalue weighted by Crippen LogP contribution is -2.24. The van der Waals surface area contributed by atoms with Crippen LogP contribution in [0.15, 0.2) is 65.8 Å². The summed E-state index contributed by atoms with van der Waals surface area (Å²) in [6.07, 6.45) is 2.51. The number of para-hydroxylation sites is 2. The van der Waals surface area contributed by atoms with E-state index in [2.05, 4.69) is 17.5 Å². The van der Waals surface area contributed by atoms with Gasteiger partial charge < -0.3 is 14.2 Å². The first-order chi connectivity index (χ1) is 14.2. The van der Waals surface area contributed by atoms with Gasteiger partial charge in [-0.15, -0.1) is 0 Å². The highest BCUT2D eigenvalue weighted by atomic mass is 16.5. The maximum atomic E-state index is 12.1. The quantitative estimate of drug-likeness (QED) is 0.438. The van der Waals surface area contributed by atoms with Gasteiger partial charge in [-0.2, -0.15) is 5.10 Å². The molecule has 0 radical (unpaired) electrons. The van der Waals surface area contributed by atoms with Crippen molar-refractivity contribution in [1.29, 1.82) is 0 Å². The first-order valence-electron chi connectivity index (χ1n) is 9.45. The van der Waals surface area contributed by atoms with Crippen LogP contribution in [0.3, 0.4) is 0 Å². The minimum atomic E-state index is -0.372. The number of hydrogen-bond acceptors (Lipinski definition) is 5. The number of benzene rings is 3. The number of nitrogens with zero attached hydrogens (tertiary/aromatic N) is 1. The molecule has 0 unspecified atom stereocenters. The smallest absolute Gasteiger partial charge is 0.277 e. The van der Waals surface area contributed by atoms with Crippen LogP contribution in [0, 0.1) is 0 Å². The molecule has 0 aliphatic heterocycles. The van der Waals surface area contributed by atoms with Crippen molar-refractivity contribution in [3.8, 4) is 17.2 Å². The first kappa shape index (κ1) is 20.2. The first-order valence-corrected chi connectivity index (χ1v) is 9.45. The van der Waals surface area contributed by atoms with E-state index in [9.17, 15) is 4.79 Å². The Balaban J connectivity index is 1.69. The van der Waals surface area contributed by atoms with Crippen LogP contribution in [-0.4, -0.2) is 32.4 Å². The van der Waals surface area contributed by atoms with Gasteiger partial charge in [0.25, 0.3) is 5.91 Å². The van der Waals surface area contributed by atoms with Gasteiger partial charge in [-0.1, -0.05) is 49.4 Å². The van der Waals surface area contributed by atoms with Crippen molar-refractivity contribution in [2.24, 2.45) is 5.10 Å². The van der Waals surface area contributed by atoms with Crippen LogP contribution in [0.1, 0.15) is 18.9 Å². The van der Waals surface area contributed by atoms with Crippen molar-refractivity contribution in [3.05, 3.63) is 66.2 Å². The molecule has 3 rings (SSSR count). The highest BCUT2D eigenvalue weighted by Gasteiger charge is 2.08. The summed E-state index contributed by atoms with van der Waals surface area (Å²) in [5.74, 6) is 1.42. The minimum Gasteiger partial charge on any atom is -0.493 e. The Morgan fingerprint density at radius 1 is 0.966 bits per heavy atom. The second-order valence-electron chi connectivity index (χ2n) is 6.28. The Morgan fingerprint density at radius 2 is 1.72 bits per heavy atom. The van der Waals surface area contributed by atoms with E-state index in [1.54, 1.807) is 25.5 Å². The van der Waals surface area contributed by atoms with E-state index in [1.807, 2.05) is 48.5 Å². The van der Waals surface area contributed by atoms with Gasteiger partial charge in [0, 0.05) is 5.56 Å². The molecular weight excluding hydrogens is 368 g/mol. The number of methoxy groups -OCH3 is 1. The number of carbonyl (C=O) groups excluding carboxylic acids is 1. The molecule has 0 spiro atoms. The maximum Gasteiger partial charge on any atom is 0.277 e. The summed E-state index contributed by atoms with van der Waals surface area (Å²) in [7, 11) is 1.55. The normalized spacial score (nSPS) is 10.8. The van der Waals surface area contributed by atoms with E-state index in [4.69, 9.17) is 14.2 Å². The lowest BCUT2D eigenvalue weighted by molar-refractivity contribution is -0.123. The Morgan fingerprint density at radius 3 is 2.52 bits per heavy atom. The van der Waals surface area contributed by atoms with Gasteiger partial charge in [-0.3, -0.25) is 4.79 Å². The molecule has 0 fully saturated rings. The molecule has 150 valence electrons. The number of hydrazone groups is 1. The number of ether oxygens (including phenoxy) is 3. The standard InChI is InChI=1S/C23H24N2O4/c1-3-14-28-20-13-12-17-8-4-5-9-18(17)19(20)15-24-25-23(26)16-29-22-11-7-6-10-21(22)27-2/h4-13,15H,3,14,16H2,1-2H3,(H,25,26)/b24-15+. The number of carbonyl (C=O) groups is 1. The van der Waals surface area contributed by atoms with Gasteiger partial charge in [-0.05, 0) is 35.4 Å². The maximum absolute atomic E-state index is 12.1. The molecule has 0 aliphatic carbocycles. The van der Waals surface area contributed by atoms with Crippen LogP contribution in [0.4, 0.5) is 0 Å². The van der Waals surface area contributed by atoms with Gasteiger partial charge in [0.05, 0.1) is 19.9 Å². The van der Waals surface area contributed by atoms with E-state index in [1.165, 1.54) is 0 Å². The zero-order valence-electron chi connectivity index (χ0n) is 16.6. The number of rotatable bonds is 9. The zero-order valence-corrected chi connectivity index (χ0v) is 16.6. The predicted octanol–water partition coefficient (Wildman–Crippen LogP) is 4.17. The van der Waals surface area contributed by atoms with Gasteiger partial charge in [0.1, 0.15) is 5.75 Å². The lowest BCUT2D eigenvalue weighted by Gasteiger charge is -2.11. The Labute approximate surface area is 170 Å². The number of nitrogens with one attached hydrogen (secondary N) is 1. The van der Waals surface area contributed by atoms with Crippen LogP contribution >= 0.6 is 0 Å². The number of hydrogen-bond donors (Lipinski definition) is 1. The molecule has 0 aromatic heterocycles. The molecule has 0 saturated carbocycles. The molecule has 0 atom stereocenters. The molecule has 0 bridgehead atoms. The van der Waals surface area contributed by atoms with Crippen molar-refractivity contribution < 1.29 is 19.0 Å². The van der Waals surface area contributed by atoms with Crippen LogP contribution in [0.25, 0.3) is 10.8 Å². The third-order valence-electron chi connectivity index (χ3n) is 4.20. The highest BCUT2D eigenvalue weighted by Crippen LogP contribution is 2.27. The monoisotopic (exact) mass is 392 g/mol. The molecule has 0 heterocycles. The van der Waals surface area contributed by atoms with Gasteiger partial charge in [-0.25, -0.2) is 5.43 Å². The Hall–Kier alpha value is -3.54. The second kappa shape index (κ2) is 10.1. The summed E-state index contributed by atoms with van der Waals surface area (Å²) in [5.41, 5.74) is 3.32. The van der Waals surface area contributed by atoms with Crippen molar-refractivity contribution in [3.63, 3.8) is 0 Å². The lowest BCUT2D eigenvalue weighted by atomic mass is 10.0. The highest BCUT2D eigenvalue weighted by molar-refractivity contribution is 6.02. The molecule has 1 amide bonds. The van der Waals surface area contributed by atoms with Crippen molar-refractivity contribution in [1.82, 2.24) is 5.43 Å². The van der Waals surface area contributed by atoms with Crippen LogP contribution < -0.4 is 19.6 Å². The number of amides is 1. The van der Waals surface area contributed by atoms with E-state index < -0.39 is 0 Å². The average molecular weight is 392 g/mol. The molecule has 1 N–H and O–H groups in total. The minimum absolute atomic E-state index is 0.174.